The highest BCUT2D eigenvalue weighted by atomic mass is 32.2. The molecular formula is C20H19N5O2S. The van der Waals surface area contributed by atoms with Crippen LogP contribution in [-0.2, 0) is 9.59 Å². The predicted octanol–water partition coefficient (Wildman–Crippen LogP) is 2.86. The smallest absolute Gasteiger partial charge is 0.248 e. The number of amides is 2. The number of aromatic nitrogens is 3. The molecule has 142 valence electrons. The van der Waals surface area contributed by atoms with Gasteiger partial charge in [0.05, 0.1) is 5.75 Å². The lowest BCUT2D eigenvalue weighted by atomic mass is 10.0. The molecule has 2 amide bonds. The molecule has 8 heteroatoms. The number of hydrogen-bond donors (Lipinski definition) is 2. The van der Waals surface area contributed by atoms with Gasteiger partial charge in [-0.15, -0.1) is 10.2 Å². The molecule has 1 aromatic heterocycles. The summed E-state index contributed by atoms with van der Waals surface area (Å²) in [5.41, 5.74) is 7.88. The van der Waals surface area contributed by atoms with Gasteiger partial charge in [-0.1, -0.05) is 79.3 Å². The van der Waals surface area contributed by atoms with Crippen LogP contribution in [0, 0.1) is 0 Å². The van der Waals surface area contributed by atoms with Crippen molar-refractivity contribution in [3.8, 4) is 22.5 Å². The maximum atomic E-state index is 11.9. The number of thioether (sulfide) groups is 1. The van der Waals surface area contributed by atoms with E-state index in [1.54, 1.807) is 6.92 Å². The van der Waals surface area contributed by atoms with Crippen LogP contribution in [0.3, 0.4) is 0 Å². The lowest BCUT2D eigenvalue weighted by molar-refractivity contribution is -0.127. The van der Waals surface area contributed by atoms with Crippen molar-refractivity contribution < 1.29 is 9.59 Å². The molecule has 0 saturated carbocycles. The van der Waals surface area contributed by atoms with E-state index >= 15 is 0 Å². The van der Waals surface area contributed by atoms with Crippen molar-refractivity contribution >= 4 is 23.6 Å². The molecule has 3 aromatic rings. The fourth-order valence-electron chi connectivity index (χ4n) is 2.35. The molecule has 3 rings (SSSR count). The van der Waals surface area contributed by atoms with Gasteiger partial charge >= 0.3 is 0 Å². The molecule has 0 radical (unpaired) electrons. The highest BCUT2D eigenvalue weighted by Gasteiger charge is 2.14. The van der Waals surface area contributed by atoms with E-state index < -0.39 is 0 Å². The number of hydrazine groups is 1. The van der Waals surface area contributed by atoms with Gasteiger partial charge in [-0.05, 0) is 0 Å². The Bertz CT molecular complexity index is 951. The molecule has 0 spiro atoms. The van der Waals surface area contributed by atoms with E-state index in [9.17, 15) is 9.59 Å². The van der Waals surface area contributed by atoms with Crippen LogP contribution in [0.2, 0.25) is 0 Å². The number of rotatable bonds is 6. The van der Waals surface area contributed by atoms with Crippen LogP contribution < -0.4 is 10.9 Å². The summed E-state index contributed by atoms with van der Waals surface area (Å²) in [7, 11) is 0. The Morgan fingerprint density at radius 1 is 0.821 bits per heavy atom. The summed E-state index contributed by atoms with van der Waals surface area (Å²) in [5.74, 6) is -0.538. The Labute approximate surface area is 167 Å². The Hall–Kier alpha value is -3.26. The molecule has 7 nitrogen and oxygen atoms in total. The third kappa shape index (κ3) is 5.14. The van der Waals surface area contributed by atoms with Crippen molar-refractivity contribution in [2.75, 3.05) is 5.75 Å². The maximum absolute atomic E-state index is 11.9. The van der Waals surface area contributed by atoms with E-state index in [-0.39, 0.29) is 17.6 Å². The van der Waals surface area contributed by atoms with Crippen LogP contribution in [0.1, 0.15) is 13.3 Å². The Kier molecular flexibility index (Phi) is 6.69. The molecule has 0 fully saturated rings. The van der Waals surface area contributed by atoms with Crippen molar-refractivity contribution in [2.45, 2.75) is 18.5 Å². The van der Waals surface area contributed by atoms with Gasteiger partial charge in [0.2, 0.25) is 17.0 Å². The Balaban J connectivity index is 1.81. The molecule has 0 bridgehead atoms. The molecule has 1 heterocycles. The quantitative estimate of drug-likeness (QED) is 0.494. The van der Waals surface area contributed by atoms with Crippen molar-refractivity contribution in [1.82, 2.24) is 26.0 Å². The second-order valence-electron chi connectivity index (χ2n) is 5.76. The number of benzene rings is 2. The number of nitrogens with zero attached hydrogens (tertiary/aromatic N) is 3. The number of carbonyl (C=O) groups is 2. The first-order chi connectivity index (χ1) is 13.7. The second-order valence-corrected chi connectivity index (χ2v) is 6.70. The van der Waals surface area contributed by atoms with Crippen molar-refractivity contribution in [3.05, 3.63) is 60.7 Å². The molecule has 0 aliphatic heterocycles. The van der Waals surface area contributed by atoms with E-state index in [0.29, 0.717) is 23.0 Å². The second kappa shape index (κ2) is 9.61. The van der Waals surface area contributed by atoms with Crippen LogP contribution in [0.25, 0.3) is 22.5 Å². The SMILES string of the molecule is CCC(=O)NNC(=O)CSc1nnc(-c2ccccc2)c(-c2ccccc2)n1. The van der Waals surface area contributed by atoms with Gasteiger partial charge in [0, 0.05) is 17.5 Å². The monoisotopic (exact) mass is 393 g/mol. The van der Waals surface area contributed by atoms with Gasteiger partial charge in [0.1, 0.15) is 11.4 Å². The van der Waals surface area contributed by atoms with Crippen LogP contribution in [0.5, 0.6) is 0 Å². The van der Waals surface area contributed by atoms with Gasteiger partial charge < -0.3 is 0 Å². The first-order valence-electron chi connectivity index (χ1n) is 8.73. The molecule has 28 heavy (non-hydrogen) atoms. The summed E-state index contributed by atoms with van der Waals surface area (Å²) in [5, 5.41) is 8.90. The van der Waals surface area contributed by atoms with E-state index in [1.165, 1.54) is 0 Å². The van der Waals surface area contributed by atoms with Gasteiger partial charge in [0.15, 0.2) is 0 Å². The van der Waals surface area contributed by atoms with Crippen LogP contribution in [0.4, 0.5) is 0 Å². The fraction of sp³-hybridized carbons (Fsp3) is 0.150. The summed E-state index contributed by atoms with van der Waals surface area (Å²) in [6.07, 6.45) is 0.293. The highest BCUT2D eigenvalue weighted by molar-refractivity contribution is 7.99. The molecule has 0 atom stereocenters. The summed E-state index contributed by atoms with van der Waals surface area (Å²) in [6, 6.07) is 19.4. The Morgan fingerprint density at radius 2 is 1.39 bits per heavy atom. The molecule has 0 saturated heterocycles. The van der Waals surface area contributed by atoms with Gasteiger partial charge in [-0.2, -0.15) is 0 Å². The molecule has 2 N–H and O–H groups in total. The average molecular weight is 393 g/mol. The van der Waals surface area contributed by atoms with Crippen LogP contribution in [0.15, 0.2) is 65.8 Å². The zero-order valence-corrected chi connectivity index (χ0v) is 16.1. The van der Waals surface area contributed by atoms with Gasteiger partial charge in [0.25, 0.3) is 0 Å². The van der Waals surface area contributed by atoms with E-state index in [1.807, 2.05) is 60.7 Å². The molecule has 0 unspecified atom stereocenters. The number of nitrogens with one attached hydrogen (secondary N) is 2. The summed E-state index contributed by atoms with van der Waals surface area (Å²) in [4.78, 5) is 27.7. The first-order valence-corrected chi connectivity index (χ1v) is 9.72. The standard InChI is InChI=1S/C20H19N5O2S/c1-2-16(26)22-23-17(27)13-28-20-21-18(14-9-5-3-6-10-14)19(24-25-20)15-11-7-4-8-12-15/h3-12H,2,13H2,1H3,(H,22,26)(H,23,27). The first kappa shape index (κ1) is 19.5. The van der Waals surface area contributed by atoms with Crippen molar-refractivity contribution in [1.29, 1.82) is 0 Å². The molecule has 0 aliphatic rings. The van der Waals surface area contributed by atoms with E-state index in [2.05, 4.69) is 26.0 Å². The number of hydrogen-bond acceptors (Lipinski definition) is 6. The van der Waals surface area contributed by atoms with Gasteiger partial charge in [-0.3, -0.25) is 20.4 Å². The third-order valence-electron chi connectivity index (χ3n) is 3.76. The van der Waals surface area contributed by atoms with Crippen molar-refractivity contribution in [3.63, 3.8) is 0 Å². The van der Waals surface area contributed by atoms with Crippen LogP contribution in [-0.4, -0.2) is 32.7 Å². The number of carbonyl (C=O) groups excluding carboxylic acids is 2. The van der Waals surface area contributed by atoms with E-state index in [4.69, 9.17) is 0 Å². The fourth-order valence-corrected chi connectivity index (χ4v) is 2.94. The van der Waals surface area contributed by atoms with Crippen molar-refractivity contribution in [2.24, 2.45) is 0 Å². The lowest BCUT2D eigenvalue weighted by Gasteiger charge is -2.09. The zero-order valence-electron chi connectivity index (χ0n) is 15.3. The summed E-state index contributed by atoms with van der Waals surface area (Å²) >= 11 is 1.15. The largest absolute Gasteiger partial charge is 0.273 e. The molecule has 0 aliphatic carbocycles. The lowest BCUT2D eigenvalue weighted by Crippen LogP contribution is -2.42. The average Bonchev–Trinajstić information content (AvgIpc) is 2.77. The molecule has 2 aromatic carbocycles. The topological polar surface area (TPSA) is 96.9 Å². The minimum atomic E-state index is -0.344. The zero-order chi connectivity index (χ0) is 19.8. The summed E-state index contributed by atoms with van der Waals surface area (Å²) in [6.45, 7) is 1.70. The Morgan fingerprint density at radius 3 is 2.00 bits per heavy atom. The van der Waals surface area contributed by atoms with E-state index in [0.717, 1.165) is 22.9 Å². The predicted molar refractivity (Wildman–Crippen MR) is 108 cm³/mol. The minimum absolute atomic E-state index is 0.0601. The summed E-state index contributed by atoms with van der Waals surface area (Å²) < 4.78 is 0. The maximum Gasteiger partial charge on any atom is 0.248 e. The normalized spacial score (nSPS) is 10.3. The molecular weight excluding hydrogens is 374 g/mol. The minimum Gasteiger partial charge on any atom is -0.273 e. The third-order valence-corrected chi connectivity index (χ3v) is 4.59. The highest BCUT2D eigenvalue weighted by Crippen LogP contribution is 2.29. The van der Waals surface area contributed by atoms with Crippen LogP contribution >= 0.6 is 11.8 Å². The van der Waals surface area contributed by atoms with Gasteiger partial charge in [-0.25, -0.2) is 4.98 Å².